The molecule has 7 heteroatoms. The molecule has 7 nitrogen and oxygen atoms in total. The number of hydrogen-bond donors (Lipinski definition) is 1. The van der Waals surface area contributed by atoms with Gasteiger partial charge in [-0.05, 0) is 55.7 Å². The average molecular weight is 480 g/mol. The maximum absolute atomic E-state index is 11.3. The summed E-state index contributed by atoms with van der Waals surface area (Å²) in [5.74, 6) is 1.90. The normalized spacial score (nSPS) is 11.6. The third-order valence-electron chi connectivity index (χ3n) is 5.93. The monoisotopic (exact) mass is 479 g/mol. The van der Waals surface area contributed by atoms with Crippen LogP contribution >= 0.6 is 0 Å². The molecule has 1 aromatic rings. The van der Waals surface area contributed by atoms with E-state index in [2.05, 4.69) is 29.1 Å². The number of benzene rings is 1. The van der Waals surface area contributed by atoms with Crippen LogP contribution in [-0.2, 0) is 19.1 Å². The number of methoxy groups -OCH3 is 2. The van der Waals surface area contributed by atoms with Gasteiger partial charge in [-0.2, -0.15) is 0 Å². The largest absolute Gasteiger partial charge is 0.490 e. The zero-order chi connectivity index (χ0) is 25.0. The highest BCUT2D eigenvalue weighted by atomic mass is 16.5. The molecular formula is C27H45NO6. The maximum atomic E-state index is 11.3. The molecule has 0 radical (unpaired) electrons. The lowest BCUT2D eigenvalue weighted by atomic mass is 9.90. The number of carbonyl (C=O) groups is 2. The van der Waals surface area contributed by atoms with Gasteiger partial charge in [0.15, 0.2) is 11.5 Å². The van der Waals surface area contributed by atoms with Crippen molar-refractivity contribution < 1.29 is 28.5 Å². The van der Waals surface area contributed by atoms with Gasteiger partial charge in [-0.25, -0.2) is 0 Å². The Morgan fingerprint density at radius 1 is 0.853 bits per heavy atom. The minimum atomic E-state index is -0.191. The summed E-state index contributed by atoms with van der Waals surface area (Å²) < 4.78 is 21.9. The Morgan fingerprint density at radius 2 is 1.56 bits per heavy atom. The Labute approximate surface area is 205 Å². The summed E-state index contributed by atoms with van der Waals surface area (Å²) in [6, 6.07) is 6.27. The molecule has 1 unspecified atom stereocenters. The fourth-order valence-corrected chi connectivity index (χ4v) is 3.81. The minimum absolute atomic E-state index is 0.121. The predicted octanol–water partition coefficient (Wildman–Crippen LogP) is 5.40. The van der Waals surface area contributed by atoms with Gasteiger partial charge in [-0.1, -0.05) is 32.3 Å². The van der Waals surface area contributed by atoms with Crippen molar-refractivity contribution in [2.24, 2.45) is 0 Å². The van der Waals surface area contributed by atoms with Crippen molar-refractivity contribution in [3.63, 3.8) is 0 Å². The highest BCUT2D eigenvalue weighted by molar-refractivity contribution is 5.75. The molecule has 0 aromatic heterocycles. The van der Waals surface area contributed by atoms with Crippen LogP contribution in [0.1, 0.15) is 89.0 Å². The molecule has 194 valence electrons. The van der Waals surface area contributed by atoms with Gasteiger partial charge in [0, 0.05) is 40.0 Å². The van der Waals surface area contributed by atoms with Gasteiger partial charge in [0.2, 0.25) is 5.91 Å². The molecule has 1 atom stereocenters. The van der Waals surface area contributed by atoms with Crippen LogP contribution in [0.3, 0.4) is 0 Å². The number of nitrogens with one attached hydrogen (secondary N) is 1. The molecule has 1 aromatic carbocycles. The van der Waals surface area contributed by atoms with Crippen molar-refractivity contribution >= 4 is 11.9 Å². The molecule has 0 fully saturated rings. The highest BCUT2D eigenvalue weighted by Gasteiger charge is 2.14. The van der Waals surface area contributed by atoms with Crippen LogP contribution in [0.5, 0.6) is 11.5 Å². The summed E-state index contributed by atoms with van der Waals surface area (Å²) in [7, 11) is 4.78. The van der Waals surface area contributed by atoms with Crippen LogP contribution in [0.15, 0.2) is 18.2 Å². The molecule has 0 saturated heterocycles. The van der Waals surface area contributed by atoms with Crippen molar-refractivity contribution in [2.75, 3.05) is 41.1 Å². The smallest absolute Gasteiger partial charge is 0.305 e. The van der Waals surface area contributed by atoms with Gasteiger partial charge < -0.3 is 24.3 Å². The molecule has 1 N–H and O–H groups in total. The van der Waals surface area contributed by atoms with Crippen LogP contribution in [0, 0.1) is 0 Å². The first-order chi connectivity index (χ1) is 16.5. The first kappa shape index (κ1) is 29.8. The molecule has 0 saturated carbocycles. The third kappa shape index (κ3) is 12.8. The van der Waals surface area contributed by atoms with E-state index in [1.54, 1.807) is 14.2 Å². The van der Waals surface area contributed by atoms with Gasteiger partial charge in [-0.3, -0.25) is 9.59 Å². The quantitative estimate of drug-likeness (QED) is 0.199. The minimum Gasteiger partial charge on any atom is -0.490 e. The van der Waals surface area contributed by atoms with Gasteiger partial charge in [0.1, 0.15) is 0 Å². The molecule has 1 rings (SSSR count). The molecule has 0 spiro atoms. The SMILES string of the molecule is CCC(CCCCCCC(=O)NC)c1ccc(OCCCCC(=O)OC)c(OCCCOC)c1. The fraction of sp³-hybridized carbons (Fsp3) is 0.704. The van der Waals surface area contributed by atoms with Gasteiger partial charge >= 0.3 is 5.97 Å². The molecular weight excluding hydrogens is 434 g/mol. The fourth-order valence-electron chi connectivity index (χ4n) is 3.81. The van der Waals surface area contributed by atoms with E-state index in [-0.39, 0.29) is 11.9 Å². The van der Waals surface area contributed by atoms with Crippen LogP contribution in [0.4, 0.5) is 0 Å². The second-order valence-corrected chi connectivity index (χ2v) is 8.51. The summed E-state index contributed by atoms with van der Waals surface area (Å²) in [5, 5.41) is 2.68. The van der Waals surface area contributed by atoms with Crippen molar-refractivity contribution in [1.29, 1.82) is 0 Å². The number of amides is 1. The molecule has 0 heterocycles. The summed E-state index contributed by atoms with van der Waals surface area (Å²) >= 11 is 0. The van der Waals surface area contributed by atoms with E-state index in [4.69, 9.17) is 14.2 Å². The van der Waals surface area contributed by atoms with Gasteiger partial charge in [0.25, 0.3) is 0 Å². The van der Waals surface area contributed by atoms with Crippen LogP contribution < -0.4 is 14.8 Å². The summed E-state index contributed by atoms with van der Waals surface area (Å²) in [5.41, 5.74) is 1.27. The number of rotatable bonds is 20. The number of unbranched alkanes of at least 4 members (excludes halogenated alkanes) is 4. The van der Waals surface area contributed by atoms with Crippen molar-refractivity contribution in [2.45, 2.75) is 83.5 Å². The number of ether oxygens (including phenoxy) is 4. The summed E-state index contributed by atoms with van der Waals surface area (Å²) in [6.07, 6.45) is 9.84. The van der Waals surface area contributed by atoms with E-state index in [0.717, 1.165) is 69.3 Å². The predicted molar refractivity (Wildman–Crippen MR) is 135 cm³/mol. The van der Waals surface area contributed by atoms with Gasteiger partial charge in [-0.15, -0.1) is 0 Å². The molecule has 34 heavy (non-hydrogen) atoms. The standard InChI is InChI=1S/C27H45NO6/c1-5-22(13-8-6-7-9-14-26(29)28-2)23-16-17-24(25(21-23)34-20-12-18-31-3)33-19-11-10-15-27(30)32-4/h16-17,21-22H,5-15,18-20H2,1-4H3,(H,28,29). The zero-order valence-electron chi connectivity index (χ0n) is 21.7. The first-order valence-electron chi connectivity index (χ1n) is 12.7. The van der Waals surface area contributed by atoms with E-state index < -0.39 is 0 Å². The maximum Gasteiger partial charge on any atom is 0.305 e. The van der Waals surface area contributed by atoms with Crippen molar-refractivity contribution in [3.05, 3.63) is 23.8 Å². The van der Waals surface area contributed by atoms with Crippen molar-refractivity contribution in [1.82, 2.24) is 5.32 Å². The topological polar surface area (TPSA) is 83.1 Å². The van der Waals surface area contributed by atoms with E-state index >= 15 is 0 Å². The second-order valence-electron chi connectivity index (χ2n) is 8.51. The molecule has 0 aliphatic heterocycles. The Hall–Kier alpha value is -2.28. The Balaban J connectivity index is 2.64. The van der Waals surface area contributed by atoms with E-state index in [9.17, 15) is 9.59 Å². The Bertz CT molecular complexity index is 694. The summed E-state index contributed by atoms with van der Waals surface area (Å²) in [4.78, 5) is 22.6. The lowest BCUT2D eigenvalue weighted by molar-refractivity contribution is -0.140. The lowest BCUT2D eigenvalue weighted by Gasteiger charge is -2.19. The first-order valence-corrected chi connectivity index (χ1v) is 12.7. The second kappa shape index (κ2) is 19.1. The highest BCUT2D eigenvalue weighted by Crippen LogP contribution is 2.34. The Kier molecular flexibility index (Phi) is 16.7. The van der Waals surface area contributed by atoms with E-state index in [0.29, 0.717) is 38.6 Å². The molecule has 1 amide bonds. The van der Waals surface area contributed by atoms with Crippen LogP contribution in [-0.4, -0.2) is 53.0 Å². The third-order valence-corrected chi connectivity index (χ3v) is 5.93. The number of esters is 1. The van der Waals surface area contributed by atoms with Crippen LogP contribution in [0.25, 0.3) is 0 Å². The molecule has 0 aliphatic carbocycles. The van der Waals surface area contributed by atoms with Gasteiger partial charge in [0.05, 0.1) is 20.3 Å². The summed E-state index contributed by atoms with van der Waals surface area (Å²) in [6.45, 7) is 3.97. The average Bonchev–Trinajstić information content (AvgIpc) is 2.86. The lowest BCUT2D eigenvalue weighted by Crippen LogP contribution is -2.16. The van der Waals surface area contributed by atoms with Crippen LogP contribution in [0.2, 0.25) is 0 Å². The number of carbonyl (C=O) groups excluding carboxylic acids is 2. The zero-order valence-corrected chi connectivity index (χ0v) is 21.7. The van der Waals surface area contributed by atoms with E-state index in [1.165, 1.54) is 12.7 Å². The molecule has 0 bridgehead atoms. The van der Waals surface area contributed by atoms with E-state index in [1.807, 2.05) is 6.07 Å². The Morgan fingerprint density at radius 3 is 2.26 bits per heavy atom. The number of hydrogen-bond acceptors (Lipinski definition) is 6. The molecule has 0 aliphatic rings. The van der Waals surface area contributed by atoms with Crippen molar-refractivity contribution in [3.8, 4) is 11.5 Å².